The van der Waals surface area contributed by atoms with E-state index in [1.54, 1.807) is 13.0 Å². The smallest absolute Gasteiger partial charge is 0.248 e. The average molecular weight is 337 g/mol. The molecule has 0 aliphatic heterocycles. The van der Waals surface area contributed by atoms with Crippen molar-refractivity contribution >= 4 is 27.5 Å². The number of hydrogen-bond acceptors (Lipinski definition) is 2. The fraction of sp³-hybridized carbons (Fsp3) is 0.133. The van der Waals surface area contributed by atoms with Gasteiger partial charge in [-0.2, -0.15) is 0 Å². The van der Waals surface area contributed by atoms with Gasteiger partial charge in [0.1, 0.15) is 5.82 Å². The van der Waals surface area contributed by atoms with Crippen molar-refractivity contribution in [2.75, 3.05) is 5.32 Å². The Labute approximate surface area is 125 Å². The molecule has 0 bridgehead atoms. The van der Waals surface area contributed by atoms with Gasteiger partial charge in [-0.05, 0) is 30.7 Å². The molecule has 2 aromatic carbocycles. The molecule has 0 radical (unpaired) electrons. The molecular weight excluding hydrogens is 323 g/mol. The summed E-state index contributed by atoms with van der Waals surface area (Å²) >= 11 is 3.45. The van der Waals surface area contributed by atoms with Gasteiger partial charge in [-0.25, -0.2) is 4.39 Å². The van der Waals surface area contributed by atoms with Gasteiger partial charge in [0.05, 0.1) is 0 Å². The molecule has 0 saturated carbocycles. The molecule has 2 aromatic rings. The van der Waals surface area contributed by atoms with E-state index in [2.05, 4.69) is 21.2 Å². The molecule has 104 valence electrons. The summed E-state index contributed by atoms with van der Waals surface area (Å²) in [6.07, 6.45) is 0. The van der Waals surface area contributed by atoms with Gasteiger partial charge in [0.15, 0.2) is 0 Å². The van der Waals surface area contributed by atoms with E-state index in [1.807, 2.05) is 24.3 Å². The number of nitrogens with one attached hydrogen (secondary N) is 1. The van der Waals surface area contributed by atoms with Crippen LogP contribution in [0.4, 0.5) is 10.1 Å². The molecule has 0 heterocycles. The van der Waals surface area contributed by atoms with Crippen molar-refractivity contribution in [2.24, 2.45) is 5.73 Å². The van der Waals surface area contributed by atoms with E-state index >= 15 is 0 Å². The molecule has 2 rings (SSSR count). The second-order valence-electron chi connectivity index (χ2n) is 4.44. The van der Waals surface area contributed by atoms with Crippen LogP contribution in [-0.4, -0.2) is 5.91 Å². The van der Waals surface area contributed by atoms with Crippen molar-refractivity contribution in [3.63, 3.8) is 0 Å². The molecule has 1 amide bonds. The van der Waals surface area contributed by atoms with Crippen LogP contribution in [0.2, 0.25) is 0 Å². The number of hydrogen-bond donors (Lipinski definition) is 2. The van der Waals surface area contributed by atoms with Crippen LogP contribution >= 0.6 is 15.9 Å². The molecule has 0 aromatic heterocycles. The molecule has 0 aliphatic carbocycles. The third-order valence-corrected chi connectivity index (χ3v) is 3.83. The lowest BCUT2D eigenvalue weighted by Gasteiger charge is -2.12. The van der Waals surface area contributed by atoms with Crippen LogP contribution in [0.25, 0.3) is 0 Å². The number of amides is 1. The van der Waals surface area contributed by atoms with Crippen LogP contribution in [0.1, 0.15) is 21.5 Å². The summed E-state index contributed by atoms with van der Waals surface area (Å²) in [7, 11) is 0. The Hall–Kier alpha value is -1.88. The predicted molar refractivity (Wildman–Crippen MR) is 81.1 cm³/mol. The van der Waals surface area contributed by atoms with Crippen LogP contribution in [0.3, 0.4) is 0 Å². The van der Waals surface area contributed by atoms with Crippen molar-refractivity contribution in [3.05, 3.63) is 63.4 Å². The summed E-state index contributed by atoms with van der Waals surface area (Å²) in [5.41, 5.74) is 7.41. The standard InChI is InChI=1S/C15H14BrFN2O/c1-9-13(17)6-11(15(18)20)7-14(9)19-8-10-4-2-3-5-12(10)16/h2-7,19H,8H2,1H3,(H2,18,20). The Kier molecular flexibility index (Phi) is 4.39. The fourth-order valence-corrected chi connectivity index (χ4v) is 2.26. The number of benzene rings is 2. The van der Waals surface area contributed by atoms with Gasteiger partial charge in [-0.3, -0.25) is 4.79 Å². The van der Waals surface area contributed by atoms with Crippen LogP contribution in [0.15, 0.2) is 40.9 Å². The van der Waals surface area contributed by atoms with Gasteiger partial charge >= 0.3 is 0 Å². The van der Waals surface area contributed by atoms with E-state index in [9.17, 15) is 9.18 Å². The summed E-state index contributed by atoms with van der Waals surface area (Å²) in [5, 5.41) is 3.13. The molecule has 0 atom stereocenters. The molecule has 5 heteroatoms. The third-order valence-electron chi connectivity index (χ3n) is 3.06. The first kappa shape index (κ1) is 14.5. The van der Waals surface area contributed by atoms with Crippen molar-refractivity contribution in [1.82, 2.24) is 0 Å². The number of carbonyl (C=O) groups is 1. The van der Waals surface area contributed by atoms with Gasteiger partial charge < -0.3 is 11.1 Å². The summed E-state index contributed by atoms with van der Waals surface area (Å²) in [4.78, 5) is 11.2. The summed E-state index contributed by atoms with van der Waals surface area (Å²) in [6.45, 7) is 2.17. The van der Waals surface area contributed by atoms with Gasteiger partial charge in [0, 0.05) is 27.8 Å². The SMILES string of the molecule is Cc1c(F)cc(C(N)=O)cc1NCc1ccccc1Br. The molecule has 0 aliphatic rings. The maximum Gasteiger partial charge on any atom is 0.248 e. The zero-order valence-corrected chi connectivity index (χ0v) is 12.5. The van der Waals surface area contributed by atoms with Gasteiger partial charge in [0.25, 0.3) is 0 Å². The van der Waals surface area contributed by atoms with E-state index in [4.69, 9.17) is 5.73 Å². The Bertz CT molecular complexity index is 658. The predicted octanol–water partition coefficient (Wildman–Crippen LogP) is 3.61. The topological polar surface area (TPSA) is 55.1 Å². The quantitative estimate of drug-likeness (QED) is 0.896. The fourth-order valence-electron chi connectivity index (χ4n) is 1.84. The molecule has 0 spiro atoms. The summed E-state index contributed by atoms with van der Waals surface area (Å²) in [5.74, 6) is -1.09. The number of anilines is 1. The van der Waals surface area contributed by atoms with E-state index in [-0.39, 0.29) is 5.56 Å². The zero-order chi connectivity index (χ0) is 14.7. The Morgan fingerprint density at radius 3 is 2.70 bits per heavy atom. The first-order valence-electron chi connectivity index (χ1n) is 6.06. The van der Waals surface area contributed by atoms with Crippen LogP contribution in [-0.2, 0) is 6.54 Å². The highest BCUT2D eigenvalue weighted by atomic mass is 79.9. The molecular formula is C15H14BrFN2O. The second kappa shape index (κ2) is 6.05. The van der Waals surface area contributed by atoms with Crippen molar-refractivity contribution in [3.8, 4) is 0 Å². The molecule has 0 unspecified atom stereocenters. The second-order valence-corrected chi connectivity index (χ2v) is 5.29. The number of halogens is 2. The van der Waals surface area contributed by atoms with Gasteiger partial charge in [0.2, 0.25) is 5.91 Å². The highest BCUT2D eigenvalue weighted by molar-refractivity contribution is 9.10. The maximum absolute atomic E-state index is 13.7. The lowest BCUT2D eigenvalue weighted by molar-refractivity contribution is 0.1000. The third kappa shape index (κ3) is 3.17. The van der Waals surface area contributed by atoms with Crippen molar-refractivity contribution in [1.29, 1.82) is 0 Å². The average Bonchev–Trinajstić information content (AvgIpc) is 2.41. The number of primary amides is 1. The van der Waals surface area contributed by atoms with E-state index in [0.717, 1.165) is 16.1 Å². The molecule has 0 saturated heterocycles. The van der Waals surface area contributed by atoms with Crippen molar-refractivity contribution in [2.45, 2.75) is 13.5 Å². The van der Waals surface area contributed by atoms with Gasteiger partial charge in [-0.15, -0.1) is 0 Å². The molecule has 0 fully saturated rings. The minimum Gasteiger partial charge on any atom is -0.381 e. The first-order valence-corrected chi connectivity index (χ1v) is 6.85. The minimum atomic E-state index is -0.646. The summed E-state index contributed by atoms with van der Waals surface area (Å²) < 4.78 is 14.7. The number of nitrogens with two attached hydrogens (primary N) is 1. The Balaban J connectivity index is 2.25. The zero-order valence-electron chi connectivity index (χ0n) is 10.9. The van der Waals surface area contributed by atoms with E-state index < -0.39 is 11.7 Å². The largest absolute Gasteiger partial charge is 0.381 e. The van der Waals surface area contributed by atoms with Crippen molar-refractivity contribution < 1.29 is 9.18 Å². The lowest BCUT2D eigenvalue weighted by Crippen LogP contribution is -2.13. The highest BCUT2D eigenvalue weighted by Crippen LogP contribution is 2.23. The minimum absolute atomic E-state index is 0.155. The maximum atomic E-state index is 13.7. The number of carbonyl (C=O) groups excluding carboxylic acids is 1. The number of rotatable bonds is 4. The molecule has 3 nitrogen and oxygen atoms in total. The van der Waals surface area contributed by atoms with Crippen LogP contribution in [0, 0.1) is 12.7 Å². The van der Waals surface area contributed by atoms with Crippen LogP contribution < -0.4 is 11.1 Å². The van der Waals surface area contributed by atoms with Crippen LogP contribution in [0.5, 0.6) is 0 Å². The lowest BCUT2D eigenvalue weighted by atomic mass is 10.1. The Morgan fingerprint density at radius 1 is 1.35 bits per heavy atom. The molecule has 3 N–H and O–H groups in total. The molecule has 20 heavy (non-hydrogen) atoms. The van der Waals surface area contributed by atoms with Gasteiger partial charge in [-0.1, -0.05) is 34.1 Å². The summed E-state index contributed by atoms with van der Waals surface area (Å²) in [6, 6.07) is 10.5. The normalized spacial score (nSPS) is 10.3. The first-order chi connectivity index (χ1) is 9.49. The highest BCUT2D eigenvalue weighted by Gasteiger charge is 2.10. The van der Waals surface area contributed by atoms with E-state index in [0.29, 0.717) is 17.8 Å². The monoisotopic (exact) mass is 336 g/mol. The Morgan fingerprint density at radius 2 is 2.05 bits per heavy atom. The van der Waals surface area contributed by atoms with E-state index in [1.165, 1.54) is 0 Å².